The molecule has 0 atom stereocenters. The van der Waals surface area contributed by atoms with Crippen molar-refractivity contribution in [2.45, 2.75) is 6.61 Å². The van der Waals surface area contributed by atoms with Gasteiger partial charge in [-0.2, -0.15) is 4.98 Å². The topological polar surface area (TPSA) is 78.9 Å². The molecule has 114 valence electrons. The summed E-state index contributed by atoms with van der Waals surface area (Å²) < 4.78 is 5.18. The number of rotatable bonds is 4. The number of hydrogen-bond donors (Lipinski definition) is 0. The lowest BCUT2D eigenvalue weighted by molar-refractivity contribution is 0.0583. The summed E-state index contributed by atoms with van der Waals surface area (Å²) in [7, 11) is 0. The molecule has 23 heavy (non-hydrogen) atoms. The third kappa shape index (κ3) is 2.74. The number of fused-ring (bicyclic) bond motifs is 1. The fraction of sp³-hybridized carbons (Fsp3) is 0.0667. The van der Waals surface area contributed by atoms with Gasteiger partial charge in [0.2, 0.25) is 5.82 Å². The predicted molar refractivity (Wildman–Crippen MR) is 82.6 cm³/mol. The summed E-state index contributed by atoms with van der Waals surface area (Å²) in [5, 5.41) is 12.4. The first-order valence-electron chi connectivity index (χ1n) is 6.82. The molecule has 0 saturated carbocycles. The standard InChI is InChI=1S/C15H10ClN5O2/c16-11-6-7-12-13(8-11)21(20-18-12)22-9-14-17-15(19-23-14)10-4-2-1-3-5-10/h1-8H,9H2. The summed E-state index contributed by atoms with van der Waals surface area (Å²) >= 11 is 5.97. The maximum atomic E-state index is 5.97. The molecule has 2 heterocycles. The van der Waals surface area contributed by atoms with E-state index in [4.69, 9.17) is 21.0 Å². The van der Waals surface area contributed by atoms with Gasteiger partial charge in [0.25, 0.3) is 5.89 Å². The van der Waals surface area contributed by atoms with Crippen molar-refractivity contribution in [2.75, 3.05) is 0 Å². The third-order valence-corrected chi connectivity index (χ3v) is 3.42. The Hall–Kier alpha value is -2.93. The Morgan fingerprint density at radius 1 is 1.13 bits per heavy atom. The molecule has 7 nitrogen and oxygen atoms in total. The van der Waals surface area contributed by atoms with Crippen molar-refractivity contribution in [2.24, 2.45) is 0 Å². The van der Waals surface area contributed by atoms with Gasteiger partial charge in [0.05, 0.1) is 0 Å². The van der Waals surface area contributed by atoms with Gasteiger partial charge in [-0.25, -0.2) is 0 Å². The van der Waals surface area contributed by atoms with Crippen LogP contribution in [0.15, 0.2) is 53.1 Å². The number of benzene rings is 2. The van der Waals surface area contributed by atoms with Crippen LogP contribution in [0.2, 0.25) is 5.02 Å². The highest BCUT2D eigenvalue weighted by molar-refractivity contribution is 6.31. The van der Waals surface area contributed by atoms with Crippen LogP contribution < -0.4 is 4.84 Å². The number of nitrogens with zero attached hydrogens (tertiary/aromatic N) is 5. The van der Waals surface area contributed by atoms with Crippen LogP contribution in [0.5, 0.6) is 0 Å². The minimum Gasteiger partial charge on any atom is -0.385 e. The highest BCUT2D eigenvalue weighted by Gasteiger charge is 2.11. The molecule has 4 aromatic rings. The monoisotopic (exact) mass is 327 g/mol. The van der Waals surface area contributed by atoms with E-state index >= 15 is 0 Å². The number of hydrogen-bond acceptors (Lipinski definition) is 6. The molecule has 4 rings (SSSR count). The second-order valence-electron chi connectivity index (χ2n) is 4.75. The Bertz CT molecular complexity index is 951. The molecule has 2 aromatic heterocycles. The van der Waals surface area contributed by atoms with E-state index < -0.39 is 0 Å². The Morgan fingerprint density at radius 2 is 2.00 bits per heavy atom. The minimum atomic E-state index is 0.0742. The van der Waals surface area contributed by atoms with Gasteiger partial charge in [-0.05, 0) is 23.4 Å². The molecule has 0 spiro atoms. The second-order valence-corrected chi connectivity index (χ2v) is 5.18. The zero-order valence-corrected chi connectivity index (χ0v) is 12.5. The third-order valence-electron chi connectivity index (χ3n) is 3.19. The molecule has 0 aliphatic carbocycles. The van der Waals surface area contributed by atoms with Crippen molar-refractivity contribution in [3.8, 4) is 11.4 Å². The van der Waals surface area contributed by atoms with Crippen molar-refractivity contribution in [1.82, 2.24) is 25.3 Å². The lowest BCUT2D eigenvalue weighted by Gasteiger charge is -2.01. The average Bonchev–Trinajstić information content (AvgIpc) is 3.20. The lowest BCUT2D eigenvalue weighted by Crippen LogP contribution is -2.13. The summed E-state index contributed by atoms with van der Waals surface area (Å²) in [6.07, 6.45) is 0. The quantitative estimate of drug-likeness (QED) is 0.573. The Morgan fingerprint density at radius 3 is 2.87 bits per heavy atom. The van der Waals surface area contributed by atoms with Crippen LogP contribution in [-0.2, 0) is 6.61 Å². The van der Waals surface area contributed by atoms with E-state index in [1.807, 2.05) is 30.3 Å². The largest absolute Gasteiger partial charge is 0.385 e. The molecule has 8 heteroatoms. The Kier molecular flexibility index (Phi) is 3.39. The molecule has 2 aromatic carbocycles. The van der Waals surface area contributed by atoms with Gasteiger partial charge < -0.3 is 9.36 Å². The van der Waals surface area contributed by atoms with E-state index in [0.717, 1.165) is 5.56 Å². The summed E-state index contributed by atoms with van der Waals surface area (Å²) in [4.78, 5) is 11.1. The van der Waals surface area contributed by atoms with E-state index in [0.29, 0.717) is 27.8 Å². The normalized spacial score (nSPS) is 11.0. The molecule has 0 amide bonds. The molecule has 0 bridgehead atoms. The van der Waals surface area contributed by atoms with Gasteiger partial charge in [0.15, 0.2) is 6.61 Å². The van der Waals surface area contributed by atoms with Gasteiger partial charge in [0.1, 0.15) is 11.0 Å². The van der Waals surface area contributed by atoms with Gasteiger partial charge in [-0.3, -0.25) is 0 Å². The van der Waals surface area contributed by atoms with Crippen LogP contribution >= 0.6 is 11.6 Å². The van der Waals surface area contributed by atoms with Crippen molar-refractivity contribution in [3.05, 3.63) is 59.4 Å². The highest BCUT2D eigenvalue weighted by atomic mass is 35.5. The van der Waals surface area contributed by atoms with Gasteiger partial charge in [0, 0.05) is 10.6 Å². The summed E-state index contributed by atoms with van der Waals surface area (Å²) in [5.74, 6) is 0.852. The van der Waals surface area contributed by atoms with Crippen LogP contribution in [0.4, 0.5) is 0 Å². The van der Waals surface area contributed by atoms with E-state index in [1.54, 1.807) is 18.2 Å². The number of aromatic nitrogens is 5. The molecule has 0 saturated heterocycles. The van der Waals surface area contributed by atoms with Crippen LogP contribution in [0.1, 0.15) is 5.89 Å². The fourth-order valence-corrected chi connectivity index (χ4v) is 2.27. The SMILES string of the molecule is Clc1ccc2nnn(OCc3nc(-c4ccccc4)no3)c2c1. The predicted octanol–water partition coefficient (Wildman–Crippen LogP) is 2.76. The number of halogens is 1. The summed E-state index contributed by atoms with van der Waals surface area (Å²) in [5.41, 5.74) is 2.23. The van der Waals surface area contributed by atoms with Gasteiger partial charge >= 0.3 is 0 Å². The van der Waals surface area contributed by atoms with Crippen molar-refractivity contribution in [1.29, 1.82) is 0 Å². The van der Waals surface area contributed by atoms with Crippen LogP contribution in [0.3, 0.4) is 0 Å². The molecule has 0 fully saturated rings. The van der Waals surface area contributed by atoms with E-state index in [9.17, 15) is 0 Å². The highest BCUT2D eigenvalue weighted by Crippen LogP contribution is 2.17. The molecule has 0 N–H and O–H groups in total. The van der Waals surface area contributed by atoms with E-state index in [-0.39, 0.29) is 6.61 Å². The second kappa shape index (κ2) is 5.69. The molecular weight excluding hydrogens is 318 g/mol. The minimum absolute atomic E-state index is 0.0742. The first kappa shape index (κ1) is 13.7. The Balaban J connectivity index is 1.53. The smallest absolute Gasteiger partial charge is 0.267 e. The van der Waals surface area contributed by atoms with Crippen LogP contribution in [0, 0.1) is 0 Å². The zero-order chi connectivity index (χ0) is 15.6. The summed E-state index contributed by atoms with van der Waals surface area (Å²) in [6.45, 7) is 0.0742. The molecule has 0 unspecified atom stereocenters. The fourth-order valence-electron chi connectivity index (χ4n) is 2.10. The van der Waals surface area contributed by atoms with Gasteiger partial charge in [-0.15, -0.1) is 5.10 Å². The summed E-state index contributed by atoms with van der Waals surface area (Å²) in [6, 6.07) is 14.8. The lowest BCUT2D eigenvalue weighted by atomic mass is 10.2. The molecule has 0 aliphatic heterocycles. The molecule has 0 aliphatic rings. The zero-order valence-electron chi connectivity index (χ0n) is 11.8. The van der Waals surface area contributed by atoms with E-state index in [1.165, 1.54) is 4.85 Å². The molecular formula is C15H10ClN5O2. The average molecular weight is 328 g/mol. The van der Waals surface area contributed by atoms with Crippen molar-refractivity contribution < 1.29 is 9.36 Å². The van der Waals surface area contributed by atoms with Crippen molar-refractivity contribution >= 4 is 22.6 Å². The molecule has 0 radical (unpaired) electrons. The maximum Gasteiger partial charge on any atom is 0.267 e. The van der Waals surface area contributed by atoms with Gasteiger partial charge in [-0.1, -0.05) is 51.9 Å². The Labute approximate surface area is 135 Å². The first-order chi connectivity index (χ1) is 11.3. The van der Waals surface area contributed by atoms with E-state index in [2.05, 4.69) is 20.5 Å². The maximum absolute atomic E-state index is 5.97. The van der Waals surface area contributed by atoms with Crippen molar-refractivity contribution in [3.63, 3.8) is 0 Å². The first-order valence-corrected chi connectivity index (χ1v) is 7.20. The van der Waals surface area contributed by atoms with Crippen LogP contribution in [0.25, 0.3) is 22.4 Å². The van der Waals surface area contributed by atoms with Crippen LogP contribution in [-0.4, -0.2) is 25.3 Å².